The van der Waals surface area contributed by atoms with Gasteiger partial charge >= 0.3 is 0 Å². The van der Waals surface area contributed by atoms with E-state index in [1.165, 1.54) is 7.05 Å². The van der Waals surface area contributed by atoms with Crippen LogP contribution in [0.2, 0.25) is 0 Å². The van der Waals surface area contributed by atoms with Gasteiger partial charge in [-0.1, -0.05) is 54.6 Å². The molecule has 9 aromatic rings. The van der Waals surface area contributed by atoms with Gasteiger partial charge in [0.15, 0.2) is 0 Å². The molecule has 4 aliphatic rings. The third-order valence-corrected chi connectivity index (χ3v) is 14.2. The Labute approximate surface area is 449 Å². The Morgan fingerprint density at radius 3 is 1.01 bits per heavy atom. The van der Waals surface area contributed by atoms with Gasteiger partial charge in [-0.25, -0.2) is 14.7 Å². The molecule has 13 rings (SSSR count). The number of aryl methyl sites for hydroxylation is 1. The van der Waals surface area contributed by atoms with Gasteiger partial charge in [-0.3, -0.25) is 43.3 Å². The third kappa shape index (κ3) is 8.08. The van der Waals surface area contributed by atoms with E-state index in [9.17, 15) is 38.4 Å². The van der Waals surface area contributed by atoms with Crippen molar-refractivity contribution in [3.63, 3.8) is 0 Å². The fraction of sp³-hybridized carbons (Fsp3) is 0.0312. The number of carbonyl (C=O) groups is 8. The summed E-state index contributed by atoms with van der Waals surface area (Å²) in [5, 5.41) is 0. The summed E-state index contributed by atoms with van der Waals surface area (Å²) in [5.74, 6) is -1.27. The number of amides is 8. The maximum atomic E-state index is 14.1. The van der Waals surface area contributed by atoms with Gasteiger partial charge in [-0.2, -0.15) is 0 Å². The molecule has 0 aliphatic carbocycles. The number of anilines is 3. The van der Waals surface area contributed by atoms with E-state index in [1.54, 1.807) is 164 Å². The molecule has 0 unspecified atom stereocenters. The lowest BCUT2D eigenvalue weighted by Crippen LogP contribution is -2.29. The molecule has 380 valence electrons. The molecule has 8 amide bonds. The highest BCUT2D eigenvalue weighted by Crippen LogP contribution is 2.40. The summed E-state index contributed by atoms with van der Waals surface area (Å²) < 4.78 is 18.3. The second-order valence-corrected chi connectivity index (χ2v) is 19.1. The Bertz CT molecular complexity index is 4240. The number of hydrogen-bond donors (Lipinski definition) is 0. The van der Waals surface area contributed by atoms with Crippen LogP contribution in [-0.2, 0) is 0 Å². The van der Waals surface area contributed by atoms with Crippen LogP contribution in [0, 0.1) is 6.92 Å². The van der Waals surface area contributed by atoms with Gasteiger partial charge in [-0.15, -0.1) is 0 Å². The van der Waals surface area contributed by atoms with Crippen molar-refractivity contribution in [2.75, 3.05) is 21.7 Å². The molecule has 9 aromatic carbocycles. The van der Waals surface area contributed by atoms with Crippen LogP contribution in [0.4, 0.5) is 17.1 Å². The maximum Gasteiger partial charge on any atom is 0.266 e. The topological polar surface area (TPSA) is 177 Å². The summed E-state index contributed by atoms with van der Waals surface area (Å²) >= 11 is 0. The second kappa shape index (κ2) is 18.4. The van der Waals surface area contributed by atoms with E-state index in [2.05, 4.69) is 0 Å². The van der Waals surface area contributed by atoms with Crippen molar-refractivity contribution < 1.29 is 52.6 Å². The predicted molar refractivity (Wildman–Crippen MR) is 291 cm³/mol. The molecule has 4 heterocycles. The molecular weight excluding hydrogens is 1000 g/mol. The van der Waals surface area contributed by atoms with Gasteiger partial charge in [0.1, 0.15) is 34.5 Å². The first-order chi connectivity index (χ1) is 38.3. The standard InChI is InChI=1S/C64H38N4O11/c1-35-7-3-10-44(27-35)78-47-13-6-14-48(34-47)79-46-12-5-9-42(33-46)68-61(73)52-26-18-39(31-56(52)64(68)76)38-17-25-51-55(30-38)63(75)67(60(51)72)41-8-4-11-45(32-41)77-43-21-19-40(20-22-43)66-59(71)50-24-16-37(29-54(50)62(66)74)36-15-23-49-53(28-36)58(70)65(2)57(49)69/h3-34H,1-2H3. The first kappa shape index (κ1) is 47.6. The van der Waals surface area contributed by atoms with Crippen molar-refractivity contribution in [1.29, 1.82) is 0 Å². The first-order valence-corrected chi connectivity index (χ1v) is 24.8. The fourth-order valence-electron chi connectivity index (χ4n) is 10.2. The minimum absolute atomic E-state index is 0.146. The highest BCUT2D eigenvalue weighted by Gasteiger charge is 2.41. The van der Waals surface area contributed by atoms with Crippen molar-refractivity contribution in [3.8, 4) is 56.8 Å². The monoisotopic (exact) mass is 1040 g/mol. The van der Waals surface area contributed by atoms with Crippen LogP contribution >= 0.6 is 0 Å². The van der Waals surface area contributed by atoms with E-state index in [-0.39, 0.29) is 50.5 Å². The van der Waals surface area contributed by atoms with E-state index in [1.807, 2.05) is 37.3 Å². The number of rotatable bonds is 11. The lowest BCUT2D eigenvalue weighted by Gasteiger charge is -2.16. The molecule has 79 heavy (non-hydrogen) atoms. The second-order valence-electron chi connectivity index (χ2n) is 19.1. The summed E-state index contributed by atoms with van der Waals surface area (Å²) in [6.07, 6.45) is 0. The van der Waals surface area contributed by atoms with Crippen molar-refractivity contribution in [2.24, 2.45) is 0 Å². The Hall–Kier alpha value is -11.1. The minimum Gasteiger partial charge on any atom is -0.457 e. The van der Waals surface area contributed by atoms with E-state index in [4.69, 9.17) is 14.2 Å². The lowest BCUT2D eigenvalue weighted by atomic mass is 9.97. The van der Waals surface area contributed by atoms with Gasteiger partial charge in [-0.05, 0) is 156 Å². The van der Waals surface area contributed by atoms with E-state index >= 15 is 0 Å². The molecule has 0 fully saturated rings. The molecular formula is C64H38N4O11. The molecule has 0 saturated carbocycles. The number of nitrogens with zero attached hydrogens (tertiary/aromatic N) is 4. The Morgan fingerprint density at radius 2 is 0.582 bits per heavy atom. The number of ether oxygens (including phenoxy) is 3. The first-order valence-electron chi connectivity index (χ1n) is 24.8. The van der Waals surface area contributed by atoms with Crippen LogP contribution in [0.3, 0.4) is 0 Å². The molecule has 15 nitrogen and oxygen atoms in total. The Morgan fingerprint density at radius 1 is 0.266 bits per heavy atom. The van der Waals surface area contributed by atoms with Crippen LogP contribution in [0.5, 0.6) is 34.5 Å². The molecule has 0 spiro atoms. The average molecular weight is 1040 g/mol. The van der Waals surface area contributed by atoms with E-state index < -0.39 is 41.4 Å². The SMILES string of the molecule is Cc1cccc(Oc2cccc(Oc3cccc(N4C(=O)c5ccc(-c6ccc7c(c6)C(=O)N(c6cccc(Oc8ccc(N9C(=O)c%10ccc(-c%11ccc%12c(c%11)C(=O)N(C)C%12=O)cc%10C9=O)cc8)c6)C7=O)cc5C4=O)c3)c2)c1. The quantitative estimate of drug-likeness (QED) is 0.113. The van der Waals surface area contributed by atoms with Crippen molar-refractivity contribution in [1.82, 2.24) is 4.90 Å². The van der Waals surface area contributed by atoms with Gasteiger partial charge < -0.3 is 14.2 Å². The smallest absolute Gasteiger partial charge is 0.266 e. The van der Waals surface area contributed by atoms with Crippen LogP contribution in [-0.4, -0.2) is 59.2 Å². The lowest BCUT2D eigenvalue weighted by molar-refractivity contribution is 0.0690. The highest BCUT2D eigenvalue weighted by molar-refractivity contribution is 6.36. The predicted octanol–water partition coefficient (Wildman–Crippen LogP) is 12.3. The van der Waals surface area contributed by atoms with Gasteiger partial charge in [0.05, 0.1) is 61.6 Å². The zero-order valence-corrected chi connectivity index (χ0v) is 41.8. The molecule has 0 bridgehead atoms. The number of imide groups is 4. The zero-order chi connectivity index (χ0) is 54.4. The molecule has 0 atom stereocenters. The van der Waals surface area contributed by atoms with Crippen LogP contribution < -0.4 is 28.9 Å². The minimum atomic E-state index is -0.575. The number of carbonyl (C=O) groups excluding carboxylic acids is 8. The summed E-state index contributed by atoms with van der Waals surface area (Å²) in [6.45, 7) is 1.98. The fourth-order valence-corrected chi connectivity index (χ4v) is 10.2. The number of hydrogen-bond acceptors (Lipinski definition) is 11. The van der Waals surface area contributed by atoms with Crippen molar-refractivity contribution in [2.45, 2.75) is 6.92 Å². The van der Waals surface area contributed by atoms with Crippen molar-refractivity contribution in [3.05, 3.63) is 244 Å². The zero-order valence-electron chi connectivity index (χ0n) is 41.8. The van der Waals surface area contributed by atoms with E-state index in [0.29, 0.717) is 73.7 Å². The molecule has 0 N–H and O–H groups in total. The van der Waals surface area contributed by atoms with E-state index in [0.717, 1.165) is 25.2 Å². The molecule has 0 aromatic heterocycles. The van der Waals surface area contributed by atoms with Crippen LogP contribution in [0.25, 0.3) is 22.3 Å². The summed E-state index contributed by atoms with van der Waals surface area (Å²) in [5.41, 5.74) is 5.86. The van der Waals surface area contributed by atoms with Crippen molar-refractivity contribution >= 4 is 64.3 Å². The molecule has 0 radical (unpaired) electrons. The van der Waals surface area contributed by atoms with Crippen LogP contribution in [0.15, 0.2) is 194 Å². The molecule has 0 saturated heterocycles. The summed E-state index contributed by atoms with van der Waals surface area (Å²) in [4.78, 5) is 113. The number of benzene rings is 9. The van der Waals surface area contributed by atoms with Gasteiger partial charge in [0.25, 0.3) is 47.3 Å². The highest BCUT2D eigenvalue weighted by atomic mass is 16.5. The summed E-state index contributed by atoms with van der Waals surface area (Å²) in [6, 6.07) is 53.6. The van der Waals surface area contributed by atoms with Gasteiger partial charge in [0.2, 0.25) is 0 Å². The average Bonchev–Trinajstić information content (AvgIpc) is 4.29. The Balaban J connectivity index is 0.678. The normalized spacial score (nSPS) is 14.3. The maximum absolute atomic E-state index is 14.1. The summed E-state index contributed by atoms with van der Waals surface area (Å²) in [7, 11) is 1.42. The van der Waals surface area contributed by atoms with Crippen LogP contribution in [0.1, 0.15) is 88.4 Å². The molecule has 15 heteroatoms. The molecule has 4 aliphatic heterocycles. The Kier molecular flexibility index (Phi) is 11.1. The van der Waals surface area contributed by atoms with Gasteiger partial charge in [0, 0.05) is 25.2 Å². The largest absolute Gasteiger partial charge is 0.457 e. The number of fused-ring (bicyclic) bond motifs is 4. The third-order valence-electron chi connectivity index (χ3n) is 14.2.